The van der Waals surface area contributed by atoms with Crippen LogP contribution in [0.4, 0.5) is 0 Å². The average molecular weight is 225 g/mol. The fourth-order valence-corrected chi connectivity index (χ4v) is 2.54. The van der Waals surface area contributed by atoms with Gasteiger partial charge in [0, 0.05) is 24.0 Å². The van der Waals surface area contributed by atoms with Crippen LogP contribution in [0.3, 0.4) is 0 Å². The fourth-order valence-electron chi connectivity index (χ4n) is 2.41. The number of nitrogens with zero attached hydrogens (tertiary/aromatic N) is 1. The minimum Gasteiger partial charge on any atom is -0.330 e. The number of likely N-dealkylation sites (N-methyl/N-ethyl adjacent to an activating group) is 1. The summed E-state index contributed by atoms with van der Waals surface area (Å²) in [5.41, 5.74) is 7.16. The standard InChI is InChI=1S/C12H17ClN2/c1-15-7-10(6-14)12(8-15)9-2-4-11(13)5-3-9/h2-5,10,12H,6-8,14H2,1H3. The average Bonchev–Trinajstić information content (AvgIpc) is 2.61. The van der Waals surface area contributed by atoms with Crippen molar-refractivity contribution in [2.75, 3.05) is 26.7 Å². The van der Waals surface area contributed by atoms with Gasteiger partial charge in [-0.2, -0.15) is 0 Å². The Morgan fingerprint density at radius 3 is 2.60 bits per heavy atom. The van der Waals surface area contributed by atoms with Crippen molar-refractivity contribution in [2.24, 2.45) is 11.7 Å². The molecule has 1 aromatic carbocycles. The second kappa shape index (κ2) is 4.52. The fraction of sp³-hybridized carbons (Fsp3) is 0.500. The monoisotopic (exact) mass is 224 g/mol. The summed E-state index contributed by atoms with van der Waals surface area (Å²) in [5, 5.41) is 0.800. The first kappa shape index (κ1) is 10.9. The Labute approximate surface area is 96.0 Å². The zero-order chi connectivity index (χ0) is 10.8. The molecule has 1 aliphatic rings. The normalized spacial score (nSPS) is 27.1. The molecule has 0 bridgehead atoms. The van der Waals surface area contributed by atoms with Gasteiger partial charge in [0.2, 0.25) is 0 Å². The number of likely N-dealkylation sites (tertiary alicyclic amines) is 1. The highest BCUT2D eigenvalue weighted by molar-refractivity contribution is 6.30. The molecule has 15 heavy (non-hydrogen) atoms. The van der Waals surface area contributed by atoms with Crippen LogP contribution >= 0.6 is 11.6 Å². The Bertz CT molecular complexity index is 323. The lowest BCUT2D eigenvalue weighted by molar-refractivity contribution is 0.397. The summed E-state index contributed by atoms with van der Waals surface area (Å²) in [7, 11) is 2.15. The molecule has 3 heteroatoms. The van der Waals surface area contributed by atoms with Crippen LogP contribution < -0.4 is 5.73 Å². The summed E-state index contributed by atoms with van der Waals surface area (Å²) in [4.78, 5) is 2.34. The summed E-state index contributed by atoms with van der Waals surface area (Å²) >= 11 is 5.88. The van der Waals surface area contributed by atoms with Crippen LogP contribution in [0, 0.1) is 5.92 Å². The molecule has 1 heterocycles. The molecular formula is C12H17ClN2. The first-order valence-electron chi connectivity index (χ1n) is 5.35. The molecule has 2 nitrogen and oxygen atoms in total. The second-order valence-electron chi connectivity index (χ2n) is 4.38. The third-order valence-corrected chi connectivity index (χ3v) is 3.48. The largest absolute Gasteiger partial charge is 0.330 e. The van der Waals surface area contributed by atoms with Gasteiger partial charge in [-0.1, -0.05) is 23.7 Å². The number of nitrogens with two attached hydrogens (primary N) is 1. The number of hydrogen-bond acceptors (Lipinski definition) is 2. The third-order valence-electron chi connectivity index (χ3n) is 3.22. The van der Waals surface area contributed by atoms with E-state index in [-0.39, 0.29) is 0 Å². The highest BCUT2D eigenvalue weighted by Crippen LogP contribution is 2.31. The van der Waals surface area contributed by atoms with E-state index in [0.29, 0.717) is 11.8 Å². The van der Waals surface area contributed by atoms with E-state index in [2.05, 4.69) is 24.1 Å². The van der Waals surface area contributed by atoms with E-state index in [1.807, 2.05) is 12.1 Å². The highest BCUT2D eigenvalue weighted by atomic mass is 35.5. The first-order valence-corrected chi connectivity index (χ1v) is 5.72. The zero-order valence-electron chi connectivity index (χ0n) is 8.99. The van der Waals surface area contributed by atoms with Crippen LogP contribution in [-0.4, -0.2) is 31.6 Å². The summed E-state index contributed by atoms with van der Waals surface area (Å²) < 4.78 is 0. The van der Waals surface area contributed by atoms with Crippen molar-refractivity contribution in [1.82, 2.24) is 4.90 Å². The van der Waals surface area contributed by atoms with Crippen LogP contribution in [0.5, 0.6) is 0 Å². The molecule has 2 unspecified atom stereocenters. The first-order chi connectivity index (χ1) is 7.20. The van der Waals surface area contributed by atoms with E-state index in [4.69, 9.17) is 17.3 Å². The number of halogens is 1. The third kappa shape index (κ3) is 2.33. The molecule has 2 rings (SSSR count). The predicted molar refractivity (Wildman–Crippen MR) is 64.2 cm³/mol. The van der Waals surface area contributed by atoms with Gasteiger partial charge in [-0.3, -0.25) is 0 Å². The Kier molecular flexibility index (Phi) is 3.29. The van der Waals surface area contributed by atoms with Gasteiger partial charge in [-0.05, 0) is 37.2 Å². The second-order valence-corrected chi connectivity index (χ2v) is 4.81. The lowest BCUT2D eigenvalue weighted by Gasteiger charge is -2.16. The Morgan fingerprint density at radius 2 is 2.00 bits per heavy atom. The molecule has 0 spiro atoms. The molecule has 0 amide bonds. The maximum absolute atomic E-state index is 5.88. The van der Waals surface area contributed by atoms with Crippen LogP contribution in [0.25, 0.3) is 0 Å². The van der Waals surface area contributed by atoms with Crippen LogP contribution in [0.1, 0.15) is 11.5 Å². The van der Waals surface area contributed by atoms with Crippen molar-refractivity contribution in [3.05, 3.63) is 34.9 Å². The van der Waals surface area contributed by atoms with Crippen molar-refractivity contribution in [1.29, 1.82) is 0 Å². The maximum atomic E-state index is 5.88. The zero-order valence-corrected chi connectivity index (χ0v) is 9.74. The van der Waals surface area contributed by atoms with Gasteiger partial charge in [0.25, 0.3) is 0 Å². The van der Waals surface area contributed by atoms with Gasteiger partial charge < -0.3 is 10.6 Å². The Hall–Kier alpha value is -0.570. The summed E-state index contributed by atoms with van der Waals surface area (Å²) in [6.07, 6.45) is 0. The highest BCUT2D eigenvalue weighted by Gasteiger charge is 2.30. The van der Waals surface area contributed by atoms with E-state index < -0.39 is 0 Å². The van der Waals surface area contributed by atoms with Crippen molar-refractivity contribution in [2.45, 2.75) is 5.92 Å². The number of benzene rings is 1. The van der Waals surface area contributed by atoms with Gasteiger partial charge in [-0.25, -0.2) is 0 Å². The van der Waals surface area contributed by atoms with Crippen LogP contribution in [0.15, 0.2) is 24.3 Å². The molecular weight excluding hydrogens is 208 g/mol. The minimum absolute atomic E-state index is 0.567. The Morgan fingerprint density at radius 1 is 1.33 bits per heavy atom. The van der Waals surface area contributed by atoms with Gasteiger partial charge >= 0.3 is 0 Å². The summed E-state index contributed by atoms with van der Waals surface area (Å²) in [6.45, 7) is 2.96. The van der Waals surface area contributed by atoms with E-state index in [1.54, 1.807) is 0 Å². The van der Waals surface area contributed by atoms with E-state index in [1.165, 1.54) is 5.56 Å². The molecule has 0 aliphatic carbocycles. The van der Waals surface area contributed by atoms with Crippen LogP contribution in [-0.2, 0) is 0 Å². The molecule has 1 saturated heterocycles. The van der Waals surface area contributed by atoms with Gasteiger partial charge in [0.15, 0.2) is 0 Å². The summed E-state index contributed by atoms with van der Waals surface area (Å²) in [6, 6.07) is 8.16. The topological polar surface area (TPSA) is 29.3 Å². The maximum Gasteiger partial charge on any atom is 0.0406 e. The number of hydrogen-bond donors (Lipinski definition) is 1. The lowest BCUT2D eigenvalue weighted by Crippen LogP contribution is -2.21. The Balaban J connectivity index is 2.19. The molecule has 82 valence electrons. The molecule has 0 radical (unpaired) electrons. The van der Waals surface area contributed by atoms with Crippen molar-refractivity contribution in [3.63, 3.8) is 0 Å². The van der Waals surface area contributed by atoms with E-state index in [0.717, 1.165) is 24.7 Å². The SMILES string of the molecule is CN1CC(CN)C(c2ccc(Cl)cc2)C1. The molecule has 1 aromatic rings. The van der Waals surface area contributed by atoms with Gasteiger partial charge in [0.05, 0.1) is 0 Å². The van der Waals surface area contributed by atoms with Gasteiger partial charge in [-0.15, -0.1) is 0 Å². The quantitative estimate of drug-likeness (QED) is 0.832. The predicted octanol–water partition coefficient (Wildman–Crippen LogP) is 1.94. The van der Waals surface area contributed by atoms with Crippen molar-refractivity contribution in [3.8, 4) is 0 Å². The molecule has 0 saturated carbocycles. The molecule has 1 aliphatic heterocycles. The van der Waals surface area contributed by atoms with Crippen LogP contribution in [0.2, 0.25) is 5.02 Å². The molecule has 0 aromatic heterocycles. The van der Waals surface area contributed by atoms with Crippen molar-refractivity contribution < 1.29 is 0 Å². The summed E-state index contributed by atoms with van der Waals surface area (Å²) in [5.74, 6) is 1.15. The minimum atomic E-state index is 0.567. The molecule has 2 N–H and O–H groups in total. The van der Waals surface area contributed by atoms with Gasteiger partial charge in [0.1, 0.15) is 0 Å². The van der Waals surface area contributed by atoms with E-state index in [9.17, 15) is 0 Å². The smallest absolute Gasteiger partial charge is 0.0406 e. The molecule has 2 atom stereocenters. The van der Waals surface area contributed by atoms with Crippen molar-refractivity contribution >= 4 is 11.6 Å². The van der Waals surface area contributed by atoms with E-state index >= 15 is 0 Å². The lowest BCUT2D eigenvalue weighted by atomic mass is 9.89. The molecule has 1 fully saturated rings. The number of rotatable bonds is 2.